The zero-order valence-corrected chi connectivity index (χ0v) is 14.8. The molecule has 7 nitrogen and oxygen atoms in total. The van der Waals surface area contributed by atoms with Gasteiger partial charge < -0.3 is 20.1 Å². The summed E-state index contributed by atoms with van der Waals surface area (Å²) in [5.74, 6) is 0.597. The van der Waals surface area contributed by atoms with Gasteiger partial charge in [-0.25, -0.2) is 0 Å². The smallest absolute Gasteiger partial charge is 0.320 e. The Kier molecular flexibility index (Phi) is 6.32. The maximum absolute atomic E-state index is 10.8. The van der Waals surface area contributed by atoms with Crippen LogP contribution in [0.3, 0.4) is 0 Å². The van der Waals surface area contributed by atoms with Crippen LogP contribution in [0.2, 0.25) is 0 Å². The molecule has 3 aromatic rings. The highest BCUT2D eigenvalue weighted by Crippen LogP contribution is 2.24. The number of rotatable bonds is 6. The van der Waals surface area contributed by atoms with E-state index in [2.05, 4.69) is 10.1 Å². The molecular formula is C18H18ClN3O4. The van der Waals surface area contributed by atoms with Gasteiger partial charge in [0.05, 0.1) is 7.11 Å². The average molecular weight is 376 g/mol. The zero-order chi connectivity index (χ0) is 17.8. The first-order chi connectivity index (χ1) is 12.1. The lowest BCUT2D eigenvalue weighted by molar-refractivity contribution is -0.138. The van der Waals surface area contributed by atoms with Crippen molar-refractivity contribution in [1.29, 1.82) is 0 Å². The van der Waals surface area contributed by atoms with Crippen molar-refractivity contribution >= 4 is 18.4 Å². The Morgan fingerprint density at radius 3 is 2.35 bits per heavy atom. The summed E-state index contributed by atoms with van der Waals surface area (Å²) < 4.78 is 10.4. The highest BCUT2D eigenvalue weighted by atomic mass is 35.5. The second-order valence-corrected chi connectivity index (χ2v) is 5.50. The summed E-state index contributed by atoms with van der Waals surface area (Å²) in [4.78, 5) is 15.2. The molecule has 0 aliphatic heterocycles. The molecular weight excluding hydrogens is 358 g/mol. The highest BCUT2D eigenvalue weighted by molar-refractivity contribution is 5.85. The second kappa shape index (κ2) is 8.46. The number of nitrogens with two attached hydrogens (primary N) is 1. The summed E-state index contributed by atoms with van der Waals surface area (Å²) in [5, 5.41) is 12.8. The number of carboxylic acids is 1. The van der Waals surface area contributed by atoms with E-state index >= 15 is 0 Å². The molecule has 0 fully saturated rings. The van der Waals surface area contributed by atoms with Crippen LogP contribution >= 0.6 is 12.4 Å². The molecule has 1 atom stereocenters. The lowest BCUT2D eigenvalue weighted by Gasteiger charge is -2.06. The molecule has 8 heteroatoms. The number of carbonyl (C=O) groups is 1. The first-order valence-corrected chi connectivity index (χ1v) is 7.62. The van der Waals surface area contributed by atoms with Gasteiger partial charge in [0, 0.05) is 11.1 Å². The normalized spacial score (nSPS) is 11.5. The number of aliphatic carboxylic acids is 1. The summed E-state index contributed by atoms with van der Waals surface area (Å²) in [6, 6.07) is 13.6. The highest BCUT2D eigenvalue weighted by Gasteiger charge is 2.13. The maximum Gasteiger partial charge on any atom is 0.320 e. The number of ether oxygens (including phenoxy) is 1. The van der Waals surface area contributed by atoms with Gasteiger partial charge in [-0.3, -0.25) is 4.79 Å². The molecule has 1 heterocycles. The quantitative estimate of drug-likeness (QED) is 0.681. The predicted octanol–water partition coefficient (Wildman–Crippen LogP) is 2.79. The van der Waals surface area contributed by atoms with Gasteiger partial charge in [-0.2, -0.15) is 4.98 Å². The lowest BCUT2D eigenvalue weighted by atomic mass is 10.0. The van der Waals surface area contributed by atoms with Crippen LogP contribution in [0.25, 0.3) is 22.8 Å². The second-order valence-electron chi connectivity index (χ2n) is 5.50. The van der Waals surface area contributed by atoms with Crippen molar-refractivity contribution in [3.05, 3.63) is 54.1 Å². The van der Waals surface area contributed by atoms with Crippen molar-refractivity contribution in [3.8, 4) is 28.6 Å². The fourth-order valence-corrected chi connectivity index (χ4v) is 2.32. The first-order valence-electron chi connectivity index (χ1n) is 7.62. The van der Waals surface area contributed by atoms with Crippen LogP contribution in [-0.2, 0) is 11.2 Å². The fraction of sp³-hybridized carbons (Fsp3) is 0.167. The Hall–Kier alpha value is -2.90. The maximum atomic E-state index is 10.8. The molecule has 0 aliphatic carbocycles. The minimum atomic E-state index is -1.02. The van der Waals surface area contributed by atoms with Crippen molar-refractivity contribution in [2.45, 2.75) is 12.5 Å². The summed E-state index contributed by atoms with van der Waals surface area (Å²) in [7, 11) is 1.60. The monoisotopic (exact) mass is 375 g/mol. The minimum absolute atomic E-state index is 0. The van der Waals surface area contributed by atoms with E-state index in [9.17, 15) is 4.79 Å². The van der Waals surface area contributed by atoms with Crippen molar-refractivity contribution in [1.82, 2.24) is 10.1 Å². The summed E-state index contributed by atoms with van der Waals surface area (Å²) in [6.45, 7) is 0. The minimum Gasteiger partial charge on any atom is -0.497 e. The molecule has 0 unspecified atom stereocenters. The zero-order valence-electron chi connectivity index (χ0n) is 14.0. The third-order valence-electron chi connectivity index (χ3n) is 3.75. The third kappa shape index (κ3) is 4.38. The molecule has 26 heavy (non-hydrogen) atoms. The predicted molar refractivity (Wildman–Crippen MR) is 98.3 cm³/mol. The summed E-state index contributed by atoms with van der Waals surface area (Å²) >= 11 is 0. The molecule has 0 saturated heterocycles. The number of nitrogens with zero attached hydrogens (tertiary/aromatic N) is 2. The van der Waals surface area contributed by atoms with E-state index < -0.39 is 12.0 Å². The first kappa shape index (κ1) is 19.4. The van der Waals surface area contributed by atoms with Crippen molar-refractivity contribution in [2.24, 2.45) is 5.73 Å². The number of methoxy groups -OCH3 is 1. The van der Waals surface area contributed by atoms with Crippen LogP contribution in [0.5, 0.6) is 5.75 Å². The Morgan fingerprint density at radius 2 is 1.77 bits per heavy atom. The van der Waals surface area contributed by atoms with Gasteiger partial charge in [-0.1, -0.05) is 29.4 Å². The van der Waals surface area contributed by atoms with Gasteiger partial charge >= 0.3 is 5.97 Å². The van der Waals surface area contributed by atoms with E-state index in [0.29, 0.717) is 11.7 Å². The third-order valence-corrected chi connectivity index (χ3v) is 3.75. The topological polar surface area (TPSA) is 111 Å². The van der Waals surface area contributed by atoms with Crippen molar-refractivity contribution in [2.75, 3.05) is 7.11 Å². The lowest BCUT2D eigenvalue weighted by Crippen LogP contribution is -2.32. The van der Waals surface area contributed by atoms with E-state index in [1.54, 1.807) is 7.11 Å². The largest absolute Gasteiger partial charge is 0.497 e. The summed E-state index contributed by atoms with van der Waals surface area (Å²) in [5.41, 5.74) is 7.94. The molecule has 1 aromatic heterocycles. The van der Waals surface area contributed by atoms with Crippen molar-refractivity contribution in [3.63, 3.8) is 0 Å². The van der Waals surface area contributed by atoms with Gasteiger partial charge in [-0.15, -0.1) is 12.4 Å². The molecule has 0 amide bonds. The van der Waals surface area contributed by atoms with Gasteiger partial charge in [0.25, 0.3) is 5.89 Å². The van der Waals surface area contributed by atoms with Crippen molar-refractivity contribution < 1.29 is 19.2 Å². The summed E-state index contributed by atoms with van der Waals surface area (Å²) in [6.07, 6.45) is 0.263. The molecule has 2 aromatic carbocycles. The fourth-order valence-electron chi connectivity index (χ4n) is 2.32. The number of benzene rings is 2. The van der Waals surface area contributed by atoms with Crippen LogP contribution in [0.15, 0.2) is 53.1 Å². The van der Waals surface area contributed by atoms with E-state index in [1.165, 1.54) is 0 Å². The molecule has 0 bridgehead atoms. The Labute approximate surface area is 156 Å². The van der Waals surface area contributed by atoms with Crippen LogP contribution in [0.4, 0.5) is 0 Å². The molecule has 0 aliphatic rings. The Balaban J connectivity index is 0.00000243. The van der Waals surface area contributed by atoms with Gasteiger partial charge in [0.1, 0.15) is 11.8 Å². The number of aromatic nitrogens is 2. The molecule has 0 spiro atoms. The molecule has 3 N–H and O–H groups in total. The number of halogens is 1. The van der Waals surface area contributed by atoms with E-state index in [4.69, 9.17) is 20.1 Å². The molecule has 136 valence electrons. The van der Waals surface area contributed by atoms with E-state index in [0.717, 1.165) is 22.4 Å². The van der Waals surface area contributed by atoms with Crippen LogP contribution < -0.4 is 10.5 Å². The standard InChI is InChI=1S/C18H17N3O4.ClH/c1-24-14-8-6-13(7-9-14)17-20-16(21-25-17)12-4-2-11(3-5-12)10-15(19)18(22)23;/h2-9,15H,10,19H2,1H3,(H,22,23);1H/t15-;/m0./s1. The van der Waals surface area contributed by atoms with Gasteiger partial charge in [0.15, 0.2) is 0 Å². The van der Waals surface area contributed by atoms with E-state index in [-0.39, 0.29) is 18.8 Å². The average Bonchev–Trinajstić information content (AvgIpc) is 3.12. The van der Waals surface area contributed by atoms with Crippen LogP contribution in [-0.4, -0.2) is 34.4 Å². The van der Waals surface area contributed by atoms with Gasteiger partial charge in [0.2, 0.25) is 5.82 Å². The molecule has 0 radical (unpaired) electrons. The Bertz CT molecular complexity index is 863. The molecule has 0 saturated carbocycles. The number of hydrogen-bond donors (Lipinski definition) is 2. The number of hydrogen-bond acceptors (Lipinski definition) is 6. The van der Waals surface area contributed by atoms with Gasteiger partial charge in [-0.05, 0) is 36.2 Å². The van der Waals surface area contributed by atoms with Crippen LogP contribution in [0, 0.1) is 0 Å². The number of carboxylic acid groups (broad SMARTS) is 1. The molecule has 3 rings (SSSR count). The van der Waals surface area contributed by atoms with E-state index in [1.807, 2.05) is 48.5 Å². The van der Waals surface area contributed by atoms with Crippen LogP contribution in [0.1, 0.15) is 5.56 Å². The Morgan fingerprint density at radius 1 is 1.15 bits per heavy atom. The SMILES string of the molecule is COc1ccc(-c2nc(-c3ccc(C[C@H](N)C(=O)O)cc3)no2)cc1.Cl.